The Bertz CT molecular complexity index is 333. The Balaban J connectivity index is 2.66. The molecule has 1 heterocycles. The standard InChI is InChI=1S/C11H21N3O3/c1-11(2,3)9(15-4)10-13-8(17-14-10)7-16-6-5-12/h9H,5-7,12H2,1-4H3. The first kappa shape index (κ1) is 14.1. The summed E-state index contributed by atoms with van der Waals surface area (Å²) in [6.45, 7) is 7.41. The predicted molar refractivity (Wildman–Crippen MR) is 62.2 cm³/mol. The molecular formula is C11H21N3O3. The molecule has 1 aromatic heterocycles. The van der Waals surface area contributed by atoms with Gasteiger partial charge in [-0.15, -0.1) is 0 Å². The van der Waals surface area contributed by atoms with Crippen molar-refractivity contribution in [1.29, 1.82) is 0 Å². The molecule has 2 N–H and O–H groups in total. The van der Waals surface area contributed by atoms with Crippen LogP contribution in [0.25, 0.3) is 0 Å². The van der Waals surface area contributed by atoms with E-state index in [1.165, 1.54) is 0 Å². The molecule has 0 radical (unpaired) electrons. The van der Waals surface area contributed by atoms with Crippen molar-refractivity contribution in [2.75, 3.05) is 20.3 Å². The quantitative estimate of drug-likeness (QED) is 0.758. The van der Waals surface area contributed by atoms with E-state index in [1.54, 1.807) is 7.11 Å². The Morgan fingerprint density at radius 2 is 2.12 bits per heavy atom. The number of hydrogen-bond donors (Lipinski definition) is 1. The van der Waals surface area contributed by atoms with E-state index in [0.29, 0.717) is 24.9 Å². The van der Waals surface area contributed by atoms with Crippen molar-refractivity contribution in [3.05, 3.63) is 11.7 Å². The van der Waals surface area contributed by atoms with Gasteiger partial charge in [-0.05, 0) is 5.41 Å². The van der Waals surface area contributed by atoms with Gasteiger partial charge < -0.3 is 19.7 Å². The first-order chi connectivity index (χ1) is 7.99. The van der Waals surface area contributed by atoms with Gasteiger partial charge >= 0.3 is 0 Å². The zero-order valence-corrected chi connectivity index (χ0v) is 10.9. The summed E-state index contributed by atoms with van der Waals surface area (Å²) in [5.74, 6) is 0.992. The molecule has 0 saturated carbocycles. The molecule has 98 valence electrons. The lowest BCUT2D eigenvalue weighted by molar-refractivity contribution is 0.00718. The lowest BCUT2D eigenvalue weighted by atomic mass is 9.88. The van der Waals surface area contributed by atoms with Crippen LogP contribution in [0.4, 0.5) is 0 Å². The fraction of sp³-hybridized carbons (Fsp3) is 0.818. The highest BCUT2D eigenvalue weighted by Gasteiger charge is 2.30. The molecule has 0 amide bonds. The molecule has 6 heteroatoms. The van der Waals surface area contributed by atoms with Crippen molar-refractivity contribution in [2.24, 2.45) is 11.1 Å². The maximum absolute atomic E-state index is 5.39. The summed E-state index contributed by atoms with van der Waals surface area (Å²) in [6.07, 6.45) is -0.200. The predicted octanol–water partition coefficient (Wildman–Crippen LogP) is 1.28. The van der Waals surface area contributed by atoms with Crippen molar-refractivity contribution in [3.8, 4) is 0 Å². The van der Waals surface area contributed by atoms with Crippen molar-refractivity contribution in [2.45, 2.75) is 33.5 Å². The van der Waals surface area contributed by atoms with Gasteiger partial charge in [-0.1, -0.05) is 25.9 Å². The van der Waals surface area contributed by atoms with Crippen LogP contribution in [-0.2, 0) is 16.1 Å². The van der Waals surface area contributed by atoms with Crippen LogP contribution in [0.5, 0.6) is 0 Å². The zero-order valence-electron chi connectivity index (χ0n) is 10.9. The third kappa shape index (κ3) is 4.07. The van der Waals surface area contributed by atoms with Gasteiger partial charge in [0.1, 0.15) is 12.7 Å². The van der Waals surface area contributed by atoms with Crippen LogP contribution in [0.2, 0.25) is 0 Å². The second-order valence-corrected chi connectivity index (χ2v) is 4.87. The Kier molecular flexibility index (Phi) is 5.04. The van der Waals surface area contributed by atoms with Crippen molar-refractivity contribution >= 4 is 0 Å². The Morgan fingerprint density at radius 3 is 2.65 bits per heavy atom. The molecule has 6 nitrogen and oxygen atoms in total. The van der Waals surface area contributed by atoms with Crippen LogP contribution in [-0.4, -0.2) is 30.4 Å². The summed E-state index contributed by atoms with van der Waals surface area (Å²) in [7, 11) is 1.64. The molecule has 0 aliphatic rings. The van der Waals surface area contributed by atoms with Gasteiger partial charge in [-0.3, -0.25) is 0 Å². The minimum absolute atomic E-state index is 0.0893. The fourth-order valence-electron chi connectivity index (χ4n) is 1.52. The monoisotopic (exact) mass is 243 g/mol. The Hall–Kier alpha value is -0.980. The van der Waals surface area contributed by atoms with Gasteiger partial charge in [0, 0.05) is 13.7 Å². The lowest BCUT2D eigenvalue weighted by Crippen LogP contribution is -2.21. The first-order valence-corrected chi connectivity index (χ1v) is 5.62. The third-order valence-corrected chi connectivity index (χ3v) is 2.23. The molecule has 1 unspecified atom stereocenters. The van der Waals surface area contributed by atoms with Crippen LogP contribution in [0.15, 0.2) is 4.52 Å². The van der Waals surface area contributed by atoms with E-state index in [2.05, 4.69) is 30.9 Å². The normalized spacial score (nSPS) is 13.9. The van der Waals surface area contributed by atoms with E-state index in [4.69, 9.17) is 19.7 Å². The van der Waals surface area contributed by atoms with Crippen molar-refractivity contribution < 1.29 is 14.0 Å². The molecular weight excluding hydrogens is 222 g/mol. The summed E-state index contributed by atoms with van der Waals surface area (Å²) in [4.78, 5) is 4.25. The second-order valence-electron chi connectivity index (χ2n) is 4.87. The number of nitrogens with zero attached hydrogens (tertiary/aromatic N) is 2. The van der Waals surface area contributed by atoms with Crippen LogP contribution in [0, 0.1) is 5.41 Å². The van der Waals surface area contributed by atoms with Gasteiger partial charge in [-0.2, -0.15) is 4.98 Å². The van der Waals surface area contributed by atoms with Crippen LogP contribution in [0.1, 0.15) is 38.6 Å². The largest absolute Gasteiger partial charge is 0.373 e. The second kappa shape index (κ2) is 6.09. The molecule has 0 spiro atoms. The molecule has 0 aromatic carbocycles. The Morgan fingerprint density at radius 1 is 1.41 bits per heavy atom. The van der Waals surface area contributed by atoms with E-state index in [9.17, 15) is 0 Å². The maximum Gasteiger partial charge on any atom is 0.252 e. The molecule has 1 rings (SSSR count). The zero-order chi connectivity index (χ0) is 12.9. The molecule has 0 aliphatic heterocycles. The SMILES string of the molecule is COC(c1noc(COCCN)n1)C(C)(C)C. The summed E-state index contributed by atoms with van der Waals surface area (Å²) in [5.41, 5.74) is 5.22. The number of aromatic nitrogens is 2. The topological polar surface area (TPSA) is 83.4 Å². The smallest absolute Gasteiger partial charge is 0.252 e. The molecule has 17 heavy (non-hydrogen) atoms. The van der Waals surface area contributed by atoms with Gasteiger partial charge in [0.2, 0.25) is 5.82 Å². The highest BCUT2D eigenvalue weighted by molar-refractivity contribution is 4.95. The van der Waals surface area contributed by atoms with Gasteiger partial charge in [-0.25, -0.2) is 0 Å². The molecule has 0 bridgehead atoms. The number of methoxy groups -OCH3 is 1. The van der Waals surface area contributed by atoms with Crippen molar-refractivity contribution in [1.82, 2.24) is 10.1 Å². The number of ether oxygens (including phenoxy) is 2. The van der Waals surface area contributed by atoms with E-state index in [-0.39, 0.29) is 18.1 Å². The van der Waals surface area contributed by atoms with E-state index in [0.717, 1.165) is 0 Å². The molecule has 0 fully saturated rings. The van der Waals surface area contributed by atoms with Crippen molar-refractivity contribution in [3.63, 3.8) is 0 Å². The minimum Gasteiger partial charge on any atom is -0.373 e. The molecule has 1 atom stereocenters. The van der Waals surface area contributed by atoms with E-state index >= 15 is 0 Å². The maximum atomic E-state index is 5.39. The highest BCUT2D eigenvalue weighted by atomic mass is 16.5. The lowest BCUT2D eigenvalue weighted by Gasteiger charge is -2.26. The van der Waals surface area contributed by atoms with Crippen LogP contribution >= 0.6 is 0 Å². The first-order valence-electron chi connectivity index (χ1n) is 5.62. The van der Waals surface area contributed by atoms with Crippen LogP contribution < -0.4 is 5.73 Å². The minimum atomic E-state index is -0.200. The molecule has 0 saturated heterocycles. The average molecular weight is 243 g/mol. The van der Waals surface area contributed by atoms with Gasteiger partial charge in [0.15, 0.2) is 0 Å². The average Bonchev–Trinajstić information content (AvgIpc) is 2.66. The summed E-state index contributed by atoms with van der Waals surface area (Å²) in [5, 5.41) is 3.91. The number of nitrogens with two attached hydrogens (primary N) is 1. The number of hydrogen-bond acceptors (Lipinski definition) is 6. The molecule has 0 aliphatic carbocycles. The van der Waals surface area contributed by atoms with E-state index in [1.807, 2.05) is 0 Å². The summed E-state index contributed by atoms with van der Waals surface area (Å²) < 4.78 is 15.7. The fourth-order valence-corrected chi connectivity index (χ4v) is 1.52. The molecule has 1 aromatic rings. The van der Waals surface area contributed by atoms with Gasteiger partial charge in [0.05, 0.1) is 6.61 Å². The summed E-state index contributed by atoms with van der Waals surface area (Å²) in [6, 6.07) is 0. The van der Waals surface area contributed by atoms with E-state index < -0.39 is 0 Å². The highest BCUT2D eigenvalue weighted by Crippen LogP contribution is 2.33. The third-order valence-electron chi connectivity index (χ3n) is 2.23. The summed E-state index contributed by atoms with van der Waals surface area (Å²) >= 11 is 0. The number of rotatable bonds is 6. The van der Waals surface area contributed by atoms with Gasteiger partial charge in [0.25, 0.3) is 5.89 Å². The van der Waals surface area contributed by atoms with Crippen LogP contribution in [0.3, 0.4) is 0 Å². The Labute approximate surface area is 101 Å².